The molecule has 1 N–H and O–H groups in total. The average molecular weight is 589 g/mol. The smallest absolute Gasteiger partial charge is 0.271 e. The van der Waals surface area contributed by atoms with Crippen LogP contribution in [-0.4, -0.2) is 58.7 Å². The molecule has 12 nitrogen and oxygen atoms in total. The minimum atomic E-state index is -4.33. The van der Waals surface area contributed by atoms with Crippen molar-refractivity contribution < 1.29 is 31.3 Å². The van der Waals surface area contributed by atoms with Gasteiger partial charge in [-0.25, -0.2) is 16.8 Å². The van der Waals surface area contributed by atoms with Gasteiger partial charge < -0.3 is 10.1 Å². The molecule has 4 rings (SSSR count). The highest BCUT2D eigenvalue weighted by molar-refractivity contribution is 7.92. The number of hydrogen-bond donors (Lipinski definition) is 1. The summed E-state index contributed by atoms with van der Waals surface area (Å²) in [4.78, 5) is 23.8. The van der Waals surface area contributed by atoms with E-state index in [-0.39, 0.29) is 32.6 Å². The van der Waals surface area contributed by atoms with Gasteiger partial charge in [-0.05, 0) is 49.2 Å². The van der Waals surface area contributed by atoms with Crippen LogP contribution in [-0.2, 0) is 24.8 Å². The maximum Gasteiger partial charge on any atom is 0.271 e. The second-order valence-electron chi connectivity index (χ2n) is 8.98. The fourth-order valence-corrected chi connectivity index (χ4v) is 7.29. The number of hydrogen-bond acceptors (Lipinski definition) is 8. The number of methoxy groups -OCH3 is 1. The summed E-state index contributed by atoms with van der Waals surface area (Å²) >= 11 is 0. The number of piperidine rings is 1. The number of nitrogens with one attached hydrogen (secondary N) is 1. The second-order valence-corrected chi connectivity index (χ2v) is 12.8. The molecule has 0 saturated carbocycles. The summed E-state index contributed by atoms with van der Waals surface area (Å²) < 4.78 is 60.9. The zero-order valence-electron chi connectivity index (χ0n) is 21.6. The van der Waals surface area contributed by atoms with Crippen LogP contribution in [0.3, 0.4) is 0 Å². The van der Waals surface area contributed by atoms with E-state index in [2.05, 4.69) is 5.32 Å². The molecule has 1 fully saturated rings. The van der Waals surface area contributed by atoms with E-state index in [1.165, 1.54) is 72.1 Å². The lowest BCUT2D eigenvalue weighted by Gasteiger charge is -2.26. The van der Waals surface area contributed by atoms with Crippen molar-refractivity contribution in [1.29, 1.82) is 0 Å². The molecule has 1 heterocycles. The predicted octanol–water partition coefficient (Wildman–Crippen LogP) is 3.61. The standard InChI is InChI=1S/C26H28N4O8S2/c1-38-25-14-13-23(39(34,35)28-15-6-3-7-16-28)18-24(25)27-26(31)19-29(20-9-8-10-21(17-20)30(32)33)40(36,37)22-11-4-2-5-12-22/h2,4-5,8-14,17-18H,3,6-7,15-16,19H2,1H3,(H,27,31). The van der Waals surface area contributed by atoms with E-state index in [0.717, 1.165) is 29.6 Å². The molecule has 0 spiro atoms. The highest BCUT2D eigenvalue weighted by atomic mass is 32.2. The molecule has 0 aliphatic carbocycles. The molecule has 3 aromatic carbocycles. The third-order valence-corrected chi connectivity index (χ3v) is 10.0. The first-order valence-corrected chi connectivity index (χ1v) is 15.2. The number of sulfonamides is 2. The zero-order valence-corrected chi connectivity index (χ0v) is 23.2. The Morgan fingerprint density at radius 1 is 0.950 bits per heavy atom. The summed E-state index contributed by atoms with van der Waals surface area (Å²) in [6, 6.07) is 16.3. The van der Waals surface area contributed by atoms with Crippen LogP contribution in [0.2, 0.25) is 0 Å². The lowest BCUT2D eigenvalue weighted by atomic mass is 10.2. The molecular formula is C26H28N4O8S2. The summed E-state index contributed by atoms with van der Waals surface area (Å²) in [6.45, 7) is 0.0296. The Kier molecular flexibility index (Phi) is 8.71. The van der Waals surface area contributed by atoms with Crippen LogP contribution in [0, 0.1) is 10.1 Å². The molecule has 0 radical (unpaired) electrons. The Balaban J connectivity index is 1.67. The second kappa shape index (κ2) is 12.0. The number of anilines is 2. The van der Waals surface area contributed by atoms with Gasteiger partial charge in [-0.3, -0.25) is 19.2 Å². The van der Waals surface area contributed by atoms with E-state index in [0.29, 0.717) is 13.1 Å². The van der Waals surface area contributed by atoms with Crippen LogP contribution in [0.5, 0.6) is 5.75 Å². The summed E-state index contributed by atoms with van der Waals surface area (Å²) in [5.41, 5.74) is -0.424. The van der Waals surface area contributed by atoms with Gasteiger partial charge in [0.2, 0.25) is 15.9 Å². The van der Waals surface area contributed by atoms with Crippen molar-refractivity contribution in [3.63, 3.8) is 0 Å². The maximum absolute atomic E-state index is 13.6. The molecule has 212 valence electrons. The number of rotatable bonds is 10. The topological polar surface area (TPSA) is 156 Å². The van der Waals surface area contributed by atoms with Crippen LogP contribution >= 0.6 is 0 Å². The van der Waals surface area contributed by atoms with Crippen molar-refractivity contribution in [2.75, 3.05) is 36.4 Å². The molecule has 1 aliphatic heterocycles. The summed E-state index contributed by atoms with van der Waals surface area (Å²) in [6.07, 6.45) is 2.45. The van der Waals surface area contributed by atoms with Crippen molar-refractivity contribution in [1.82, 2.24) is 4.31 Å². The van der Waals surface area contributed by atoms with Crippen LogP contribution in [0.4, 0.5) is 17.1 Å². The highest BCUT2D eigenvalue weighted by Gasteiger charge is 2.30. The fourth-order valence-electron chi connectivity index (χ4n) is 4.32. The summed E-state index contributed by atoms with van der Waals surface area (Å²) in [7, 11) is -6.81. The average Bonchev–Trinajstić information content (AvgIpc) is 2.96. The van der Waals surface area contributed by atoms with E-state index in [4.69, 9.17) is 4.74 Å². The molecule has 1 saturated heterocycles. The quantitative estimate of drug-likeness (QED) is 0.278. The number of benzene rings is 3. The summed E-state index contributed by atoms with van der Waals surface area (Å²) in [5.74, 6) is -0.657. The molecule has 1 aliphatic rings. The van der Waals surface area contributed by atoms with Gasteiger partial charge in [0.15, 0.2) is 0 Å². The number of nitro benzene ring substituents is 1. The van der Waals surface area contributed by atoms with Gasteiger partial charge in [-0.15, -0.1) is 0 Å². The minimum absolute atomic E-state index is 0.0293. The third kappa shape index (κ3) is 6.24. The van der Waals surface area contributed by atoms with Gasteiger partial charge in [0.1, 0.15) is 12.3 Å². The van der Waals surface area contributed by atoms with Crippen LogP contribution in [0.1, 0.15) is 19.3 Å². The highest BCUT2D eigenvalue weighted by Crippen LogP contribution is 2.31. The molecule has 1 amide bonds. The van der Waals surface area contributed by atoms with Gasteiger partial charge in [-0.1, -0.05) is 30.7 Å². The number of amides is 1. The van der Waals surface area contributed by atoms with Crippen LogP contribution in [0.25, 0.3) is 0 Å². The maximum atomic E-state index is 13.6. The molecule has 14 heteroatoms. The predicted molar refractivity (Wildman–Crippen MR) is 148 cm³/mol. The van der Waals surface area contributed by atoms with Gasteiger partial charge in [0, 0.05) is 25.2 Å². The molecule has 0 unspecified atom stereocenters. The first-order valence-electron chi connectivity index (χ1n) is 12.3. The number of nitro groups is 1. The van der Waals surface area contributed by atoms with E-state index in [9.17, 15) is 31.7 Å². The number of nitrogens with zero attached hydrogens (tertiary/aromatic N) is 3. The van der Waals surface area contributed by atoms with E-state index in [1.54, 1.807) is 6.07 Å². The Hall–Kier alpha value is -4.01. The SMILES string of the molecule is COc1ccc(S(=O)(=O)N2CCCCC2)cc1NC(=O)CN(c1cccc([N+](=O)[O-])c1)S(=O)(=O)c1ccccc1. The normalized spacial score (nSPS) is 14.3. The lowest BCUT2D eigenvalue weighted by molar-refractivity contribution is -0.384. The van der Waals surface area contributed by atoms with Crippen LogP contribution in [0.15, 0.2) is 82.6 Å². The first kappa shape index (κ1) is 29.0. The largest absolute Gasteiger partial charge is 0.495 e. The van der Waals surface area contributed by atoms with Crippen molar-refractivity contribution in [2.24, 2.45) is 0 Å². The number of carbonyl (C=O) groups is 1. The van der Waals surface area contributed by atoms with Crippen molar-refractivity contribution in [3.05, 3.63) is 82.9 Å². The molecule has 40 heavy (non-hydrogen) atoms. The van der Waals surface area contributed by atoms with Crippen LogP contribution < -0.4 is 14.4 Å². The monoisotopic (exact) mass is 588 g/mol. The Morgan fingerprint density at radius 2 is 1.65 bits per heavy atom. The Morgan fingerprint density at radius 3 is 2.30 bits per heavy atom. The van der Waals surface area contributed by atoms with Crippen molar-refractivity contribution >= 4 is 43.0 Å². The molecule has 0 atom stereocenters. The van der Waals surface area contributed by atoms with Gasteiger partial charge in [-0.2, -0.15) is 4.31 Å². The van der Waals surface area contributed by atoms with Gasteiger partial charge in [0.25, 0.3) is 15.7 Å². The minimum Gasteiger partial charge on any atom is -0.495 e. The van der Waals surface area contributed by atoms with E-state index in [1.807, 2.05) is 0 Å². The zero-order chi connectivity index (χ0) is 28.9. The van der Waals surface area contributed by atoms with Crippen molar-refractivity contribution in [3.8, 4) is 5.75 Å². The van der Waals surface area contributed by atoms with E-state index >= 15 is 0 Å². The first-order chi connectivity index (χ1) is 19.0. The molecule has 0 bridgehead atoms. The number of ether oxygens (including phenoxy) is 1. The Bertz CT molecular complexity index is 1610. The summed E-state index contributed by atoms with van der Waals surface area (Å²) in [5, 5.41) is 13.9. The number of non-ortho nitro benzene ring substituents is 1. The lowest BCUT2D eigenvalue weighted by Crippen LogP contribution is -2.38. The van der Waals surface area contributed by atoms with E-state index < -0.39 is 37.4 Å². The van der Waals surface area contributed by atoms with Gasteiger partial charge in [0.05, 0.1) is 33.2 Å². The molecule has 3 aromatic rings. The molecule has 0 aromatic heterocycles. The Labute approximate surface area is 232 Å². The fraction of sp³-hybridized carbons (Fsp3) is 0.269. The van der Waals surface area contributed by atoms with Gasteiger partial charge >= 0.3 is 0 Å². The molecular weight excluding hydrogens is 560 g/mol. The van der Waals surface area contributed by atoms with Crippen molar-refractivity contribution in [2.45, 2.75) is 29.1 Å². The number of carbonyl (C=O) groups excluding carboxylic acids is 1. The third-order valence-electron chi connectivity index (χ3n) is 6.34.